The molecule has 3 aromatic carbocycles. The van der Waals surface area contributed by atoms with Gasteiger partial charge in [-0.1, -0.05) is 17.7 Å². The second-order valence-corrected chi connectivity index (χ2v) is 8.34. The minimum atomic E-state index is -1.45. The number of nitrogens with one attached hydrogen (secondary N) is 3. The monoisotopic (exact) mass is 533 g/mol. The summed E-state index contributed by atoms with van der Waals surface area (Å²) in [5.41, 5.74) is 3.52. The quantitative estimate of drug-likeness (QED) is 0.241. The average molecular weight is 534 g/mol. The number of methoxy groups -OCH3 is 1. The number of barbiturate groups is 1. The van der Waals surface area contributed by atoms with Crippen LogP contribution < -0.4 is 25.7 Å². The van der Waals surface area contributed by atoms with Gasteiger partial charge in [-0.05, 0) is 60.7 Å². The number of halogens is 1. The van der Waals surface area contributed by atoms with Crippen molar-refractivity contribution in [2.75, 3.05) is 17.3 Å². The molecule has 192 valence electrons. The van der Waals surface area contributed by atoms with E-state index in [-0.39, 0.29) is 17.2 Å². The maximum Gasteiger partial charge on any atom is 0.335 e. The Hall–Kier alpha value is -5.03. The zero-order valence-electron chi connectivity index (χ0n) is 19.8. The number of carbonyl (C=O) groups is 5. The summed E-state index contributed by atoms with van der Waals surface area (Å²) in [6.45, 7) is 0. The van der Waals surface area contributed by atoms with E-state index in [2.05, 4.69) is 21.2 Å². The van der Waals surface area contributed by atoms with E-state index < -0.39 is 29.7 Å². The molecule has 1 saturated heterocycles. The SMILES string of the molecule is COc1cccc(N2C(=O)NC(=O)[C@@H](/C=N\NC(=O)c3ccc(NC(=O)c4ccc(Cl)cc4)cc3)C2=O)c1. The third kappa shape index (κ3) is 5.85. The van der Waals surface area contributed by atoms with Crippen molar-refractivity contribution in [1.29, 1.82) is 0 Å². The van der Waals surface area contributed by atoms with Crippen LogP contribution in [0.3, 0.4) is 0 Å². The summed E-state index contributed by atoms with van der Waals surface area (Å²) in [4.78, 5) is 63.0. The van der Waals surface area contributed by atoms with Gasteiger partial charge in [0.2, 0.25) is 5.91 Å². The molecule has 0 aliphatic carbocycles. The Bertz CT molecular complexity index is 1440. The molecule has 3 N–H and O–H groups in total. The zero-order valence-corrected chi connectivity index (χ0v) is 20.6. The van der Waals surface area contributed by atoms with Crippen LogP contribution in [0.2, 0.25) is 5.02 Å². The van der Waals surface area contributed by atoms with Crippen molar-refractivity contribution in [3.05, 3.63) is 88.9 Å². The van der Waals surface area contributed by atoms with Crippen LogP contribution in [0.25, 0.3) is 0 Å². The highest BCUT2D eigenvalue weighted by Crippen LogP contribution is 2.24. The number of hydrazone groups is 1. The van der Waals surface area contributed by atoms with Gasteiger partial charge in [0, 0.05) is 34.1 Å². The maximum absolute atomic E-state index is 12.9. The van der Waals surface area contributed by atoms with Gasteiger partial charge in [0.15, 0.2) is 5.92 Å². The summed E-state index contributed by atoms with van der Waals surface area (Å²) in [5, 5.41) is 9.03. The highest BCUT2D eigenvalue weighted by Gasteiger charge is 2.40. The Morgan fingerprint density at radius 3 is 2.32 bits per heavy atom. The summed E-state index contributed by atoms with van der Waals surface area (Å²) in [6.07, 6.45) is 0.940. The van der Waals surface area contributed by atoms with E-state index in [1.165, 1.54) is 43.5 Å². The van der Waals surface area contributed by atoms with Gasteiger partial charge in [-0.25, -0.2) is 15.1 Å². The highest BCUT2D eigenvalue weighted by atomic mass is 35.5. The van der Waals surface area contributed by atoms with E-state index >= 15 is 0 Å². The van der Waals surface area contributed by atoms with Crippen LogP contribution in [0.1, 0.15) is 20.7 Å². The van der Waals surface area contributed by atoms with Gasteiger partial charge < -0.3 is 10.1 Å². The molecule has 1 aliphatic heterocycles. The Morgan fingerprint density at radius 1 is 0.974 bits per heavy atom. The van der Waals surface area contributed by atoms with Crippen LogP contribution in [0.15, 0.2) is 77.9 Å². The second kappa shape index (κ2) is 11.4. The molecule has 0 spiro atoms. The molecule has 0 unspecified atom stereocenters. The van der Waals surface area contributed by atoms with Gasteiger partial charge >= 0.3 is 6.03 Å². The lowest BCUT2D eigenvalue weighted by molar-refractivity contribution is -0.131. The number of hydrogen-bond donors (Lipinski definition) is 3. The Balaban J connectivity index is 1.38. The van der Waals surface area contributed by atoms with Crippen molar-refractivity contribution in [3.63, 3.8) is 0 Å². The smallest absolute Gasteiger partial charge is 0.335 e. The molecule has 3 aromatic rings. The molecule has 12 heteroatoms. The molecule has 0 radical (unpaired) electrons. The summed E-state index contributed by atoms with van der Waals surface area (Å²) >= 11 is 5.83. The van der Waals surface area contributed by atoms with E-state index in [1.54, 1.807) is 36.4 Å². The molecule has 4 rings (SSSR count). The number of hydrogen-bond acceptors (Lipinski definition) is 7. The first-order valence-electron chi connectivity index (χ1n) is 11.1. The van der Waals surface area contributed by atoms with Crippen molar-refractivity contribution in [3.8, 4) is 5.75 Å². The Kier molecular flexibility index (Phi) is 7.78. The summed E-state index contributed by atoms with van der Waals surface area (Å²) in [7, 11) is 1.43. The summed E-state index contributed by atoms with van der Waals surface area (Å²) < 4.78 is 5.11. The van der Waals surface area contributed by atoms with Gasteiger partial charge in [0.25, 0.3) is 17.7 Å². The van der Waals surface area contributed by atoms with E-state index in [1.807, 2.05) is 0 Å². The molecule has 1 aliphatic rings. The number of nitrogens with zero attached hydrogens (tertiary/aromatic N) is 2. The number of urea groups is 1. The first-order chi connectivity index (χ1) is 18.3. The molecule has 11 nitrogen and oxygen atoms in total. The van der Waals surface area contributed by atoms with Crippen LogP contribution in [-0.4, -0.2) is 43.0 Å². The van der Waals surface area contributed by atoms with E-state index in [9.17, 15) is 24.0 Å². The first-order valence-corrected chi connectivity index (χ1v) is 11.5. The average Bonchev–Trinajstić information content (AvgIpc) is 2.91. The van der Waals surface area contributed by atoms with Crippen molar-refractivity contribution in [2.45, 2.75) is 0 Å². The van der Waals surface area contributed by atoms with E-state index in [0.29, 0.717) is 22.0 Å². The Labute approximate surface area is 221 Å². The van der Waals surface area contributed by atoms with Crippen LogP contribution in [-0.2, 0) is 9.59 Å². The number of imide groups is 2. The second-order valence-electron chi connectivity index (χ2n) is 7.90. The van der Waals surface area contributed by atoms with Gasteiger partial charge in [-0.2, -0.15) is 5.10 Å². The summed E-state index contributed by atoms with van der Waals surface area (Å²) in [6, 6.07) is 17.6. The Morgan fingerprint density at radius 2 is 1.63 bits per heavy atom. The van der Waals surface area contributed by atoms with E-state index in [0.717, 1.165) is 11.1 Å². The minimum Gasteiger partial charge on any atom is -0.497 e. The molecule has 6 amide bonds. The maximum atomic E-state index is 12.9. The van der Waals surface area contributed by atoms with Gasteiger partial charge in [0.1, 0.15) is 5.75 Å². The highest BCUT2D eigenvalue weighted by molar-refractivity contribution is 6.32. The lowest BCUT2D eigenvalue weighted by Gasteiger charge is -2.28. The number of anilines is 2. The molecule has 1 fully saturated rings. The number of carbonyl (C=O) groups excluding carboxylic acids is 5. The number of amides is 6. The van der Waals surface area contributed by atoms with Gasteiger partial charge in [-0.3, -0.25) is 24.5 Å². The molecule has 1 atom stereocenters. The summed E-state index contributed by atoms with van der Waals surface area (Å²) in [5.74, 6) is -3.73. The minimum absolute atomic E-state index is 0.199. The third-order valence-corrected chi connectivity index (χ3v) is 5.67. The number of ether oxygens (including phenoxy) is 1. The van der Waals surface area contributed by atoms with Gasteiger partial charge in [0.05, 0.1) is 12.8 Å². The van der Waals surface area contributed by atoms with Crippen LogP contribution >= 0.6 is 11.6 Å². The molecule has 1 heterocycles. The third-order valence-electron chi connectivity index (χ3n) is 5.41. The van der Waals surface area contributed by atoms with Crippen molar-refractivity contribution < 1.29 is 28.7 Å². The van der Waals surface area contributed by atoms with Crippen LogP contribution in [0.4, 0.5) is 16.2 Å². The number of benzene rings is 3. The fourth-order valence-electron chi connectivity index (χ4n) is 3.46. The van der Waals surface area contributed by atoms with Crippen molar-refractivity contribution in [1.82, 2.24) is 10.7 Å². The fraction of sp³-hybridized carbons (Fsp3) is 0.0769. The van der Waals surface area contributed by atoms with Crippen molar-refractivity contribution in [2.24, 2.45) is 11.0 Å². The lowest BCUT2D eigenvalue weighted by Crippen LogP contribution is -2.58. The normalized spacial score (nSPS) is 15.3. The molecular weight excluding hydrogens is 514 g/mol. The predicted molar refractivity (Wildman–Crippen MR) is 139 cm³/mol. The molecule has 0 aromatic heterocycles. The van der Waals surface area contributed by atoms with Crippen LogP contribution in [0, 0.1) is 5.92 Å². The molecular formula is C26H20ClN5O6. The predicted octanol–water partition coefficient (Wildman–Crippen LogP) is 3.22. The lowest BCUT2D eigenvalue weighted by atomic mass is 10.1. The largest absolute Gasteiger partial charge is 0.497 e. The van der Waals surface area contributed by atoms with Crippen molar-refractivity contribution >= 4 is 58.9 Å². The topological polar surface area (TPSA) is 146 Å². The van der Waals surface area contributed by atoms with Gasteiger partial charge in [-0.15, -0.1) is 0 Å². The number of rotatable bonds is 7. The molecule has 38 heavy (non-hydrogen) atoms. The van der Waals surface area contributed by atoms with E-state index in [4.69, 9.17) is 16.3 Å². The first kappa shape index (κ1) is 26.0. The fourth-order valence-corrected chi connectivity index (χ4v) is 3.59. The standard InChI is InChI=1S/C26H20ClN5O6/c1-38-20-4-2-3-19(13-20)32-25(36)21(24(35)30-26(32)37)14-28-31-23(34)16-7-11-18(12-8-16)29-22(33)15-5-9-17(27)10-6-15/h2-14,21H,1H3,(H,29,33)(H,31,34)(H,30,35,37)/b28-14-/t21-/m1/s1. The van der Waals surface area contributed by atoms with Crippen LogP contribution in [0.5, 0.6) is 5.75 Å². The zero-order chi connectivity index (χ0) is 27.2. The molecule has 0 bridgehead atoms. The molecule has 0 saturated carbocycles.